The van der Waals surface area contributed by atoms with Crippen LogP contribution in [0.3, 0.4) is 0 Å². The summed E-state index contributed by atoms with van der Waals surface area (Å²) in [6, 6.07) is 0. The average molecular weight is 227 g/mol. The Bertz CT molecular complexity index is 220. The highest BCUT2D eigenvalue weighted by molar-refractivity contribution is 4.83. The van der Waals surface area contributed by atoms with Crippen molar-refractivity contribution in [3.05, 3.63) is 0 Å². The third-order valence-electron chi connectivity index (χ3n) is 4.35. The van der Waals surface area contributed by atoms with E-state index in [1.54, 1.807) is 0 Å². The maximum atomic E-state index is 9.93. The summed E-state index contributed by atoms with van der Waals surface area (Å²) < 4.78 is 0. The first-order valence-electron chi connectivity index (χ1n) is 6.75. The van der Waals surface area contributed by atoms with Gasteiger partial charge in [-0.1, -0.05) is 12.8 Å². The van der Waals surface area contributed by atoms with Crippen LogP contribution in [0.5, 0.6) is 0 Å². The van der Waals surface area contributed by atoms with Gasteiger partial charge in [-0.15, -0.1) is 0 Å². The number of likely N-dealkylation sites (tertiary alicyclic amines) is 1. The van der Waals surface area contributed by atoms with Gasteiger partial charge >= 0.3 is 0 Å². The SMILES string of the molecule is CC(O)C1CCN(CC2CCCCC2O)C1. The molecule has 0 radical (unpaired) electrons. The predicted molar refractivity (Wildman–Crippen MR) is 64.2 cm³/mol. The third-order valence-corrected chi connectivity index (χ3v) is 4.35. The van der Waals surface area contributed by atoms with Crippen LogP contribution < -0.4 is 0 Å². The minimum atomic E-state index is -0.179. The lowest BCUT2D eigenvalue weighted by Crippen LogP contribution is -2.36. The zero-order chi connectivity index (χ0) is 11.5. The molecule has 0 aromatic rings. The normalized spacial score (nSPS) is 38.8. The van der Waals surface area contributed by atoms with Gasteiger partial charge in [0.1, 0.15) is 0 Å². The summed E-state index contributed by atoms with van der Waals surface area (Å²) in [4.78, 5) is 2.43. The molecule has 1 aliphatic heterocycles. The van der Waals surface area contributed by atoms with Crippen molar-refractivity contribution in [3.8, 4) is 0 Å². The van der Waals surface area contributed by atoms with Gasteiger partial charge in [0.2, 0.25) is 0 Å². The summed E-state index contributed by atoms with van der Waals surface area (Å²) in [6.07, 6.45) is 5.47. The lowest BCUT2D eigenvalue weighted by atomic mass is 9.86. The molecule has 2 aliphatic rings. The first-order valence-corrected chi connectivity index (χ1v) is 6.75. The third kappa shape index (κ3) is 2.96. The first kappa shape index (κ1) is 12.3. The molecule has 2 rings (SSSR count). The largest absolute Gasteiger partial charge is 0.393 e. The van der Waals surface area contributed by atoms with Gasteiger partial charge in [-0.3, -0.25) is 0 Å². The smallest absolute Gasteiger partial charge is 0.0580 e. The van der Waals surface area contributed by atoms with Crippen molar-refractivity contribution in [1.82, 2.24) is 4.90 Å². The van der Waals surface area contributed by atoms with Crippen molar-refractivity contribution in [2.75, 3.05) is 19.6 Å². The second-order valence-corrected chi connectivity index (χ2v) is 5.66. The highest BCUT2D eigenvalue weighted by Gasteiger charge is 2.30. The van der Waals surface area contributed by atoms with Gasteiger partial charge in [0.15, 0.2) is 0 Å². The van der Waals surface area contributed by atoms with E-state index < -0.39 is 0 Å². The first-order chi connectivity index (χ1) is 7.66. The average Bonchev–Trinajstić information content (AvgIpc) is 2.70. The number of hydrogen-bond acceptors (Lipinski definition) is 3. The van der Waals surface area contributed by atoms with Crippen LogP contribution in [0.15, 0.2) is 0 Å². The Morgan fingerprint density at radius 3 is 2.62 bits per heavy atom. The van der Waals surface area contributed by atoms with E-state index in [1.165, 1.54) is 19.3 Å². The molecule has 2 N–H and O–H groups in total. The van der Waals surface area contributed by atoms with Crippen LogP contribution in [0.1, 0.15) is 39.0 Å². The van der Waals surface area contributed by atoms with Crippen LogP contribution in [0.4, 0.5) is 0 Å². The molecule has 16 heavy (non-hydrogen) atoms. The highest BCUT2D eigenvalue weighted by Crippen LogP contribution is 2.27. The molecule has 0 bridgehead atoms. The number of aliphatic hydroxyl groups excluding tert-OH is 2. The van der Waals surface area contributed by atoms with Gasteiger partial charge in [-0.2, -0.15) is 0 Å². The second kappa shape index (κ2) is 5.48. The predicted octanol–water partition coefficient (Wildman–Crippen LogP) is 1.24. The summed E-state index contributed by atoms with van der Waals surface area (Å²) in [6.45, 7) is 5.04. The Hall–Kier alpha value is -0.120. The lowest BCUT2D eigenvalue weighted by molar-refractivity contribution is 0.0483. The van der Waals surface area contributed by atoms with Crippen LogP contribution in [0, 0.1) is 11.8 Å². The van der Waals surface area contributed by atoms with Crippen LogP contribution in [-0.2, 0) is 0 Å². The van der Waals surface area contributed by atoms with E-state index in [2.05, 4.69) is 4.90 Å². The molecule has 3 heteroatoms. The molecule has 94 valence electrons. The number of hydrogen-bond donors (Lipinski definition) is 2. The minimum Gasteiger partial charge on any atom is -0.393 e. The van der Waals surface area contributed by atoms with Crippen molar-refractivity contribution in [1.29, 1.82) is 0 Å². The van der Waals surface area contributed by atoms with Crippen molar-refractivity contribution in [2.24, 2.45) is 11.8 Å². The molecule has 4 unspecified atom stereocenters. The molecule has 2 fully saturated rings. The van der Waals surface area contributed by atoms with Crippen LogP contribution >= 0.6 is 0 Å². The monoisotopic (exact) mass is 227 g/mol. The Morgan fingerprint density at radius 2 is 2.00 bits per heavy atom. The van der Waals surface area contributed by atoms with E-state index in [9.17, 15) is 10.2 Å². The second-order valence-electron chi connectivity index (χ2n) is 5.66. The number of nitrogens with zero attached hydrogens (tertiary/aromatic N) is 1. The van der Waals surface area contributed by atoms with E-state index in [0.29, 0.717) is 11.8 Å². The molecule has 1 aliphatic carbocycles. The molecule has 0 aromatic heterocycles. The molecule has 0 amide bonds. The molecule has 3 nitrogen and oxygen atoms in total. The summed E-state index contributed by atoms with van der Waals surface area (Å²) in [7, 11) is 0. The van der Waals surface area contributed by atoms with E-state index in [-0.39, 0.29) is 12.2 Å². The fourth-order valence-electron chi connectivity index (χ4n) is 3.15. The minimum absolute atomic E-state index is 0.0839. The van der Waals surface area contributed by atoms with Crippen molar-refractivity contribution in [3.63, 3.8) is 0 Å². The van der Waals surface area contributed by atoms with Gasteiger partial charge in [0.25, 0.3) is 0 Å². The Morgan fingerprint density at radius 1 is 1.25 bits per heavy atom. The van der Waals surface area contributed by atoms with E-state index >= 15 is 0 Å². The van der Waals surface area contributed by atoms with Crippen LogP contribution in [0.25, 0.3) is 0 Å². The molecule has 1 saturated carbocycles. The number of aliphatic hydroxyl groups is 2. The summed E-state index contributed by atoms with van der Waals surface area (Å²) in [5.74, 6) is 0.919. The zero-order valence-electron chi connectivity index (χ0n) is 10.3. The van der Waals surface area contributed by atoms with Crippen molar-refractivity contribution in [2.45, 2.75) is 51.2 Å². The molecule has 0 aromatic carbocycles. The Kier molecular flexibility index (Phi) is 4.22. The Balaban J connectivity index is 1.77. The highest BCUT2D eigenvalue weighted by atomic mass is 16.3. The molecular weight excluding hydrogens is 202 g/mol. The molecule has 1 heterocycles. The maximum Gasteiger partial charge on any atom is 0.0580 e. The molecular formula is C13H25NO2. The fraction of sp³-hybridized carbons (Fsp3) is 1.00. The number of rotatable bonds is 3. The van der Waals surface area contributed by atoms with E-state index in [1.807, 2.05) is 6.92 Å². The van der Waals surface area contributed by atoms with Gasteiger partial charge in [0.05, 0.1) is 12.2 Å². The van der Waals surface area contributed by atoms with Crippen LogP contribution in [-0.4, -0.2) is 47.0 Å². The lowest BCUT2D eigenvalue weighted by Gasteiger charge is -2.31. The quantitative estimate of drug-likeness (QED) is 0.762. The van der Waals surface area contributed by atoms with Gasteiger partial charge in [-0.05, 0) is 44.6 Å². The summed E-state index contributed by atoms with van der Waals surface area (Å²) in [5.41, 5.74) is 0. The van der Waals surface area contributed by atoms with E-state index in [0.717, 1.165) is 32.5 Å². The van der Waals surface area contributed by atoms with Crippen molar-refractivity contribution < 1.29 is 10.2 Å². The van der Waals surface area contributed by atoms with Gasteiger partial charge in [0, 0.05) is 13.1 Å². The van der Waals surface area contributed by atoms with Crippen LogP contribution in [0.2, 0.25) is 0 Å². The van der Waals surface area contributed by atoms with Gasteiger partial charge < -0.3 is 15.1 Å². The Labute approximate surface area is 98.5 Å². The topological polar surface area (TPSA) is 43.7 Å². The van der Waals surface area contributed by atoms with E-state index in [4.69, 9.17) is 0 Å². The molecule has 4 atom stereocenters. The summed E-state index contributed by atoms with van der Waals surface area (Å²) in [5, 5.41) is 19.5. The fourth-order valence-corrected chi connectivity index (χ4v) is 3.15. The van der Waals surface area contributed by atoms with Crippen molar-refractivity contribution >= 4 is 0 Å². The maximum absolute atomic E-state index is 9.93. The standard InChI is InChI=1S/C13H25NO2/c1-10(15)11-6-7-14(8-11)9-12-4-2-3-5-13(12)16/h10-13,15-16H,2-9H2,1H3. The zero-order valence-corrected chi connectivity index (χ0v) is 10.3. The summed E-state index contributed by atoms with van der Waals surface area (Å²) >= 11 is 0. The molecule has 0 spiro atoms. The molecule has 1 saturated heterocycles. The van der Waals surface area contributed by atoms with Gasteiger partial charge in [-0.25, -0.2) is 0 Å².